The molecule has 1 unspecified atom stereocenters. The van der Waals surface area contributed by atoms with Crippen LogP contribution in [0.15, 0.2) is 28.9 Å². The summed E-state index contributed by atoms with van der Waals surface area (Å²) in [6, 6.07) is 8.91. The van der Waals surface area contributed by atoms with Crippen LogP contribution in [0.25, 0.3) is 11.3 Å². The van der Waals surface area contributed by atoms with Crippen molar-refractivity contribution in [2.24, 2.45) is 7.05 Å². The number of nitrogens with one attached hydrogen (secondary N) is 1. The molecule has 0 saturated heterocycles. The molecule has 19 heavy (non-hydrogen) atoms. The molecule has 0 aliphatic rings. The molecule has 2 aromatic rings. The fourth-order valence-electron chi connectivity index (χ4n) is 2.05. The van der Waals surface area contributed by atoms with Gasteiger partial charge in [0.1, 0.15) is 5.69 Å². The molecule has 0 saturated carbocycles. The summed E-state index contributed by atoms with van der Waals surface area (Å²) in [7, 11) is 1.90. The summed E-state index contributed by atoms with van der Waals surface area (Å²) in [4.78, 5) is 0. The largest absolute Gasteiger partial charge is 0.310 e. The zero-order chi connectivity index (χ0) is 13.8. The molecule has 1 atom stereocenters. The van der Waals surface area contributed by atoms with Gasteiger partial charge >= 0.3 is 0 Å². The maximum absolute atomic E-state index is 4.01. The highest BCUT2D eigenvalue weighted by molar-refractivity contribution is 9.10. The Hall–Kier alpha value is -1.20. The highest BCUT2D eigenvalue weighted by atomic mass is 79.9. The molecule has 1 aromatic heterocycles. The van der Waals surface area contributed by atoms with E-state index in [2.05, 4.69) is 69.7 Å². The predicted octanol–water partition coefficient (Wildman–Crippen LogP) is 3.31. The minimum Gasteiger partial charge on any atom is -0.310 e. The van der Waals surface area contributed by atoms with E-state index in [0.717, 1.165) is 28.8 Å². The quantitative estimate of drug-likeness (QED) is 0.918. The second kappa shape index (κ2) is 6.30. The zero-order valence-corrected chi connectivity index (χ0v) is 13.1. The fourth-order valence-corrected chi connectivity index (χ4v) is 2.60. The van der Waals surface area contributed by atoms with Gasteiger partial charge in [0.2, 0.25) is 0 Å². The Labute approximate surface area is 122 Å². The lowest BCUT2D eigenvalue weighted by atomic mass is 10.0. The molecule has 0 radical (unpaired) electrons. The summed E-state index contributed by atoms with van der Waals surface area (Å²) < 4.78 is 2.55. The standard InChI is InChI=1S/C14H19BrN4/c1-4-9-16-10(2)11-5-7-12(8-6-11)13-14(15)17-18-19(13)3/h5-8,10,16H,4,9H2,1-3H3. The van der Waals surface area contributed by atoms with Gasteiger partial charge in [0.25, 0.3) is 0 Å². The lowest BCUT2D eigenvalue weighted by molar-refractivity contribution is 0.571. The first-order chi connectivity index (χ1) is 9.13. The van der Waals surface area contributed by atoms with Crippen LogP contribution in [0.3, 0.4) is 0 Å². The van der Waals surface area contributed by atoms with Crippen molar-refractivity contribution in [3.05, 3.63) is 34.4 Å². The van der Waals surface area contributed by atoms with Gasteiger partial charge in [-0.25, -0.2) is 4.68 Å². The fraction of sp³-hybridized carbons (Fsp3) is 0.429. The van der Waals surface area contributed by atoms with Crippen LogP contribution in [-0.2, 0) is 7.05 Å². The highest BCUT2D eigenvalue weighted by Gasteiger charge is 2.11. The normalized spacial score (nSPS) is 12.6. The molecule has 0 bridgehead atoms. The average Bonchev–Trinajstić information content (AvgIpc) is 2.76. The van der Waals surface area contributed by atoms with Gasteiger partial charge in [-0.15, -0.1) is 5.10 Å². The van der Waals surface area contributed by atoms with Crippen LogP contribution < -0.4 is 5.32 Å². The SMILES string of the molecule is CCCNC(C)c1ccc(-c2c(Br)nnn2C)cc1. The van der Waals surface area contributed by atoms with E-state index >= 15 is 0 Å². The maximum atomic E-state index is 4.01. The van der Waals surface area contributed by atoms with Gasteiger partial charge in [0, 0.05) is 18.7 Å². The van der Waals surface area contributed by atoms with Crippen molar-refractivity contribution in [1.29, 1.82) is 0 Å². The number of aryl methyl sites for hydroxylation is 1. The molecule has 0 amide bonds. The van der Waals surface area contributed by atoms with E-state index in [4.69, 9.17) is 0 Å². The van der Waals surface area contributed by atoms with E-state index in [0.29, 0.717) is 6.04 Å². The van der Waals surface area contributed by atoms with Gasteiger partial charge in [0.05, 0.1) is 0 Å². The number of rotatable bonds is 5. The molecule has 0 aliphatic carbocycles. The van der Waals surface area contributed by atoms with Gasteiger partial charge in [-0.3, -0.25) is 0 Å². The number of aromatic nitrogens is 3. The van der Waals surface area contributed by atoms with Gasteiger partial charge in [-0.2, -0.15) is 0 Å². The van der Waals surface area contributed by atoms with Gasteiger partial charge in [-0.1, -0.05) is 36.4 Å². The van der Waals surface area contributed by atoms with Crippen LogP contribution in [0.5, 0.6) is 0 Å². The first-order valence-corrected chi connectivity index (χ1v) is 7.31. The van der Waals surface area contributed by atoms with Crippen molar-refractivity contribution >= 4 is 15.9 Å². The van der Waals surface area contributed by atoms with Gasteiger partial charge in [0.15, 0.2) is 4.60 Å². The number of halogens is 1. The summed E-state index contributed by atoms with van der Waals surface area (Å²) >= 11 is 3.43. The maximum Gasteiger partial charge on any atom is 0.156 e. The lowest BCUT2D eigenvalue weighted by Crippen LogP contribution is -2.19. The Balaban J connectivity index is 2.19. The Morgan fingerprint density at radius 3 is 2.53 bits per heavy atom. The third-order valence-corrected chi connectivity index (χ3v) is 3.70. The smallest absolute Gasteiger partial charge is 0.156 e. The van der Waals surface area contributed by atoms with E-state index in [1.807, 2.05) is 7.05 Å². The van der Waals surface area contributed by atoms with E-state index in [1.54, 1.807) is 4.68 Å². The average molecular weight is 323 g/mol. The number of hydrogen-bond acceptors (Lipinski definition) is 3. The van der Waals surface area contributed by atoms with Crippen molar-refractivity contribution in [1.82, 2.24) is 20.3 Å². The Morgan fingerprint density at radius 1 is 1.32 bits per heavy atom. The van der Waals surface area contributed by atoms with Crippen LogP contribution in [0.4, 0.5) is 0 Å². The minimum atomic E-state index is 0.377. The Bertz CT molecular complexity index is 513. The van der Waals surface area contributed by atoms with Gasteiger partial charge in [-0.05, 0) is 41.4 Å². The van der Waals surface area contributed by atoms with Crippen molar-refractivity contribution in [2.75, 3.05) is 6.54 Å². The summed E-state index contributed by atoms with van der Waals surface area (Å²) in [5.74, 6) is 0. The molecule has 1 heterocycles. The predicted molar refractivity (Wildman–Crippen MR) is 80.8 cm³/mol. The Morgan fingerprint density at radius 2 is 2.00 bits per heavy atom. The summed E-state index contributed by atoms with van der Waals surface area (Å²) in [5.41, 5.74) is 3.41. The molecule has 0 fully saturated rings. The second-order valence-electron chi connectivity index (χ2n) is 4.65. The van der Waals surface area contributed by atoms with Crippen molar-refractivity contribution in [2.45, 2.75) is 26.3 Å². The second-order valence-corrected chi connectivity index (χ2v) is 5.40. The number of hydrogen-bond donors (Lipinski definition) is 1. The molecule has 2 rings (SSSR count). The van der Waals surface area contributed by atoms with Gasteiger partial charge < -0.3 is 5.32 Å². The topological polar surface area (TPSA) is 42.7 Å². The summed E-state index contributed by atoms with van der Waals surface area (Å²) in [5, 5.41) is 11.5. The van der Waals surface area contributed by atoms with E-state index in [-0.39, 0.29) is 0 Å². The van der Waals surface area contributed by atoms with Crippen LogP contribution in [-0.4, -0.2) is 21.5 Å². The number of benzene rings is 1. The summed E-state index contributed by atoms with van der Waals surface area (Å²) in [6.45, 7) is 5.40. The minimum absolute atomic E-state index is 0.377. The molecule has 5 heteroatoms. The number of nitrogens with zero attached hydrogens (tertiary/aromatic N) is 3. The first kappa shape index (κ1) is 14.2. The molecule has 0 spiro atoms. The molecule has 1 N–H and O–H groups in total. The monoisotopic (exact) mass is 322 g/mol. The third kappa shape index (κ3) is 3.22. The third-order valence-electron chi connectivity index (χ3n) is 3.17. The molecule has 102 valence electrons. The summed E-state index contributed by atoms with van der Waals surface area (Å²) in [6.07, 6.45) is 1.15. The molecular formula is C14H19BrN4. The van der Waals surface area contributed by atoms with Crippen molar-refractivity contribution < 1.29 is 0 Å². The molecule has 1 aromatic carbocycles. The van der Waals surface area contributed by atoms with E-state index in [1.165, 1.54) is 5.56 Å². The first-order valence-electron chi connectivity index (χ1n) is 6.52. The van der Waals surface area contributed by atoms with Crippen LogP contribution >= 0.6 is 15.9 Å². The van der Waals surface area contributed by atoms with Crippen molar-refractivity contribution in [3.8, 4) is 11.3 Å². The van der Waals surface area contributed by atoms with Crippen LogP contribution in [0.2, 0.25) is 0 Å². The zero-order valence-electron chi connectivity index (χ0n) is 11.5. The van der Waals surface area contributed by atoms with E-state index in [9.17, 15) is 0 Å². The molecule has 0 aliphatic heterocycles. The molecular weight excluding hydrogens is 304 g/mol. The lowest BCUT2D eigenvalue weighted by Gasteiger charge is -2.14. The van der Waals surface area contributed by atoms with Crippen LogP contribution in [0.1, 0.15) is 31.9 Å². The van der Waals surface area contributed by atoms with E-state index < -0.39 is 0 Å². The Kier molecular flexibility index (Phi) is 4.71. The highest BCUT2D eigenvalue weighted by Crippen LogP contribution is 2.26. The van der Waals surface area contributed by atoms with Crippen molar-refractivity contribution in [3.63, 3.8) is 0 Å². The van der Waals surface area contributed by atoms with Crippen LogP contribution in [0, 0.1) is 0 Å². The molecule has 4 nitrogen and oxygen atoms in total.